The molecule has 1 aliphatic heterocycles. The number of nitrogens with one attached hydrogen (secondary N) is 1. The van der Waals surface area contributed by atoms with Crippen LogP contribution in [0.5, 0.6) is 5.75 Å². The summed E-state index contributed by atoms with van der Waals surface area (Å²) in [6.07, 6.45) is 0.702. The highest BCUT2D eigenvalue weighted by atomic mass is 16.5. The van der Waals surface area contributed by atoms with Crippen LogP contribution in [0.2, 0.25) is 0 Å². The van der Waals surface area contributed by atoms with Gasteiger partial charge in [0.25, 0.3) is 5.91 Å². The molecule has 92 valence electrons. The first-order valence-electron chi connectivity index (χ1n) is 5.64. The SMILES string of the molecule is CC(N)CC(N)c1ccc2c(c1)NC(=O)CO2. The molecule has 1 heterocycles. The van der Waals surface area contributed by atoms with Crippen molar-refractivity contribution in [3.63, 3.8) is 0 Å². The topological polar surface area (TPSA) is 90.4 Å². The molecular weight excluding hydrogens is 218 g/mol. The van der Waals surface area contributed by atoms with Gasteiger partial charge < -0.3 is 21.5 Å². The number of benzene rings is 1. The number of rotatable bonds is 3. The Morgan fingerprint density at radius 1 is 1.47 bits per heavy atom. The lowest BCUT2D eigenvalue weighted by atomic mass is 10.0. The largest absolute Gasteiger partial charge is 0.482 e. The van der Waals surface area contributed by atoms with E-state index in [1.54, 1.807) is 0 Å². The van der Waals surface area contributed by atoms with Crippen LogP contribution in [0.3, 0.4) is 0 Å². The molecule has 0 bridgehead atoms. The van der Waals surface area contributed by atoms with Gasteiger partial charge in [-0.3, -0.25) is 4.79 Å². The second-order valence-electron chi connectivity index (χ2n) is 4.41. The molecule has 5 heteroatoms. The Morgan fingerprint density at radius 3 is 2.94 bits per heavy atom. The minimum atomic E-state index is -0.143. The van der Waals surface area contributed by atoms with Gasteiger partial charge in [0.2, 0.25) is 0 Å². The maximum absolute atomic E-state index is 11.2. The summed E-state index contributed by atoms with van der Waals surface area (Å²) < 4.78 is 5.27. The van der Waals surface area contributed by atoms with E-state index in [-0.39, 0.29) is 24.6 Å². The number of fused-ring (bicyclic) bond motifs is 1. The average Bonchev–Trinajstić information content (AvgIpc) is 2.27. The van der Waals surface area contributed by atoms with Gasteiger partial charge in [-0.25, -0.2) is 0 Å². The van der Waals surface area contributed by atoms with Gasteiger partial charge in [0.05, 0.1) is 5.69 Å². The molecule has 1 aromatic carbocycles. The molecule has 0 spiro atoms. The Balaban J connectivity index is 2.20. The van der Waals surface area contributed by atoms with E-state index in [9.17, 15) is 4.79 Å². The highest BCUT2D eigenvalue weighted by Gasteiger charge is 2.17. The number of hydrogen-bond donors (Lipinski definition) is 3. The van der Waals surface area contributed by atoms with E-state index < -0.39 is 0 Å². The molecule has 2 rings (SSSR count). The first-order valence-corrected chi connectivity index (χ1v) is 5.64. The number of carbonyl (C=O) groups is 1. The first kappa shape index (κ1) is 11.9. The maximum atomic E-state index is 11.2. The second-order valence-corrected chi connectivity index (χ2v) is 4.41. The molecule has 2 atom stereocenters. The lowest BCUT2D eigenvalue weighted by Gasteiger charge is -2.21. The number of carbonyl (C=O) groups excluding carboxylic acids is 1. The van der Waals surface area contributed by atoms with E-state index in [1.807, 2.05) is 25.1 Å². The van der Waals surface area contributed by atoms with E-state index in [1.165, 1.54) is 0 Å². The summed E-state index contributed by atoms with van der Waals surface area (Å²) in [6.45, 7) is 1.99. The summed E-state index contributed by atoms with van der Waals surface area (Å²) in [4.78, 5) is 11.2. The average molecular weight is 235 g/mol. The standard InChI is InChI=1S/C12H17N3O2/c1-7(13)4-9(14)8-2-3-11-10(5-8)15-12(16)6-17-11/h2-3,5,7,9H,4,6,13-14H2,1H3,(H,15,16). The zero-order valence-corrected chi connectivity index (χ0v) is 9.77. The molecule has 0 saturated heterocycles. The number of anilines is 1. The van der Waals surface area contributed by atoms with Gasteiger partial charge in [0.1, 0.15) is 5.75 Å². The van der Waals surface area contributed by atoms with Gasteiger partial charge in [-0.1, -0.05) is 6.07 Å². The minimum Gasteiger partial charge on any atom is -0.482 e. The van der Waals surface area contributed by atoms with E-state index in [4.69, 9.17) is 16.2 Å². The van der Waals surface area contributed by atoms with Crippen LogP contribution in [0.1, 0.15) is 24.9 Å². The molecule has 5 nitrogen and oxygen atoms in total. The Hall–Kier alpha value is -1.59. The van der Waals surface area contributed by atoms with Crippen molar-refractivity contribution < 1.29 is 9.53 Å². The second kappa shape index (κ2) is 4.73. The maximum Gasteiger partial charge on any atom is 0.262 e. The van der Waals surface area contributed by atoms with E-state index >= 15 is 0 Å². The smallest absolute Gasteiger partial charge is 0.262 e. The van der Waals surface area contributed by atoms with Crippen LogP contribution in [0.4, 0.5) is 5.69 Å². The van der Waals surface area contributed by atoms with Gasteiger partial charge in [-0.05, 0) is 31.0 Å². The highest BCUT2D eigenvalue weighted by Crippen LogP contribution is 2.30. The fraction of sp³-hybridized carbons (Fsp3) is 0.417. The van der Waals surface area contributed by atoms with Crippen molar-refractivity contribution in [3.8, 4) is 5.75 Å². The van der Waals surface area contributed by atoms with Crippen molar-refractivity contribution in [2.75, 3.05) is 11.9 Å². The first-order chi connectivity index (χ1) is 8.06. The van der Waals surface area contributed by atoms with Gasteiger partial charge in [-0.2, -0.15) is 0 Å². The van der Waals surface area contributed by atoms with Crippen LogP contribution in [0.15, 0.2) is 18.2 Å². The van der Waals surface area contributed by atoms with Gasteiger partial charge in [0.15, 0.2) is 6.61 Å². The Kier molecular flexibility index (Phi) is 3.31. The normalized spacial score (nSPS) is 17.7. The summed E-state index contributed by atoms with van der Waals surface area (Å²) in [5.41, 5.74) is 13.4. The van der Waals surface area contributed by atoms with E-state index in [0.29, 0.717) is 17.9 Å². The fourth-order valence-corrected chi connectivity index (χ4v) is 1.87. The van der Waals surface area contributed by atoms with E-state index in [0.717, 1.165) is 5.56 Å². The van der Waals surface area contributed by atoms with Crippen molar-refractivity contribution in [1.82, 2.24) is 0 Å². The summed E-state index contributed by atoms with van der Waals surface area (Å²) in [6, 6.07) is 5.50. The molecule has 1 aliphatic rings. The van der Waals surface area contributed by atoms with Crippen LogP contribution >= 0.6 is 0 Å². The molecule has 0 fully saturated rings. The van der Waals surface area contributed by atoms with Crippen LogP contribution in [-0.2, 0) is 4.79 Å². The molecule has 0 aliphatic carbocycles. The predicted octanol–water partition coefficient (Wildman–Crippen LogP) is 0.755. The third kappa shape index (κ3) is 2.75. The number of amides is 1. The van der Waals surface area contributed by atoms with Gasteiger partial charge >= 0.3 is 0 Å². The zero-order valence-electron chi connectivity index (χ0n) is 9.77. The molecule has 2 unspecified atom stereocenters. The lowest BCUT2D eigenvalue weighted by molar-refractivity contribution is -0.118. The molecule has 0 saturated carbocycles. The molecule has 5 N–H and O–H groups in total. The Bertz CT molecular complexity index is 432. The van der Waals surface area contributed by atoms with Crippen LogP contribution < -0.4 is 21.5 Å². The van der Waals surface area contributed by atoms with Crippen molar-refractivity contribution in [2.24, 2.45) is 11.5 Å². The van der Waals surface area contributed by atoms with Crippen molar-refractivity contribution >= 4 is 11.6 Å². The van der Waals surface area contributed by atoms with Gasteiger partial charge in [0, 0.05) is 12.1 Å². The summed E-state index contributed by atoms with van der Waals surface area (Å²) in [5.74, 6) is 0.539. The van der Waals surface area contributed by atoms with Crippen molar-refractivity contribution in [3.05, 3.63) is 23.8 Å². The molecule has 1 amide bonds. The quantitative estimate of drug-likeness (QED) is 0.721. The molecule has 1 aromatic rings. The Labute approximate surface area is 100 Å². The lowest BCUT2D eigenvalue weighted by Crippen LogP contribution is -2.26. The van der Waals surface area contributed by atoms with Gasteiger partial charge in [-0.15, -0.1) is 0 Å². The minimum absolute atomic E-state index is 0.0480. The monoisotopic (exact) mass is 235 g/mol. The predicted molar refractivity (Wildman–Crippen MR) is 65.8 cm³/mol. The van der Waals surface area contributed by atoms with Crippen LogP contribution in [-0.4, -0.2) is 18.6 Å². The zero-order chi connectivity index (χ0) is 12.4. The fourth-order valence-electron chi connectivity index (χ4n) is 1.87. The Morgan fingerprint density at radius 2 is 2.24 bits per heavy atom. The molecular formula is C12H17N3O2. The van der Waals surface area contributed by atoms with Crippen molar-refractivity contribution in [1.29, 1.82) is 0 Å². The van der Waals surface area contributed by atoms with Crippen molar-refractivity contribution in [2.45, 2.75) is 25.4 Å². The summed E-state index contributed by atoms with van der Waals surface area (Å²) in [7, 11) is 0. The third-order valence-electron chi connectivity index (χ3n) is 2.69. The molecule has 17 heavy (non-hydrogen) atoms. The third-order valence-corrected chi connectivity index (χ3v) is 2.69. The molecule has 0 aromatic heterocycles. The number of nitrogens with two attached hydrogens (primary N) is 2. The molecule has 0 radical (unpaired) electrons. The highest BCUT2D eigenvalue weighted by molar-refractivity contribution is 5.95. The van der Waals surface area contributed by atoms with Crippen LogP contribution in [0.25, 0.3) is 0 Å². The van der Waals surface area contributed by atoms with E-state index in [2.05, 4.69) is 5.32 Å². The number of hydrogen-bond acceptors (Lipinski definition) is 4. The summed E-state index contributed by atoms with van der Waals surface area (Å²) >= 11 is 0. The van der Waals surface area contributed by atoms with Crippen LogP contribution in [0, 0.1) is 0 Å². The number of ether oxygens (including phenoxy) is 1. The summed E-state index contributed by atoms with van der Waals surface area (Å²) in [5, 5.41) is 2.76.